The molecule has 0 saturated carbocycles. The second-order valence-corrected chi connectivity index (χ2v) is 5.43. The molecule has 2 aromatic rings. The first kappa shape index (κ1) is 15.0. The molecular weight excluding hydrogens is 321 g/mol. The number of anilines is 1. The van der Waals surface area contributed by atoms with Crippen LogP contribution in [-0.4, -0.2) is 30.9 Å². The van der Waals surface area contributed by atoms with Crippen molar-refractivity contribution in [3.63, 3.8) is 0 Å². The molecule has 2 aromatic heterocycles. The van der Waals surface area contributed by atoms with E-state index in [-0.39, 0.29) is 25.9 Å². The van der Waals surface area contributed by atoms with E-state index in [0.717, 1.165) is 0 Å². The van der Waals surface area contributed by atoms with Crippen molar-refractivity contribution in [2.45, 2.75) is 32.1 Å². The first-order valence-electron chi connectivity index (χ1n) is 6.62. The predicted molar refractivity (Wildman–Crippen MR) is 72.3 cm³/mol. The van der Waals surface area contributed by atoms with E-state index in [0.29, 0.717) is 22.6 Å². The lowest BCUT2D eigenvalue weighted by molar-refractivity contribution is -0.179. The van der Waals surface area contributed by atoms with Crippen LogP contribution in [0.25, 0.3) is 0 Å². The monoisotopic (exact) mass is 332 g/mol. The Morgan fingerprint density at radius 1 is 1.27 bits per heavy atom. The summed E-state index contributed by atoms with van der Waals surface area (Å²) in [6.45, 7) is 0.538. The van der Waals surface area contributed by atoms with Gasteiger partial charge in [0.1, 0.15) is 5.82 Å². The summed E-state index contributed by atoms with van der Waals surface area (Å²) in [6.07, 6.45) is -1.38. The third-order valence-corrected chi connectivity index (χ3v) is 3.72. The molecule has 0 radical (unpaired) electrons. The fraction of sp³-hybridized carbons (Fsp3) is 0.500. The molecule has 10 heteroatoms. The van der Waals surface area contributed by atoms with Crippen LogP contribution in [0, 0.1) is 5.92 Å². The van der Waals surface area contributed by atoms with Gasteiger partial charge in [-0.1, -0.05) is 11.6 Å². The SMILES string of the molecule is FC(F)(F)C1CCn2c(CNc3ncc(Cl)cn3)nnc2C1. The molecule has 0 aromatic carbocycles. The zero-order chi connectivity index (χ0) is 15.7. The molecule has 0 saturated heterocycles. The molecule has 3 heterocycles. The standard InChI is InChI=1S/C12H12ClF3N6/c13-8-4-17-11(18-5-8)19-6-10-21-20-9-3-7(12(14,15)16)1-2-22(9)10/h4-5,7H,1-3,6H2,(H,17,18,19). The second kappa shape index (κ2) is 5.71. The smallest absolute Gasteiger partial charge is 0.347 e. The minimum absolute atomic E-state index is 0.0407. The van der Waals surface area contributed by atoms with Crippen LogP contribution in [0.3, 0.4) is 0 Å². The van der Waals surface area contributed by atoms with Crippen LogP contribution in [-0.2, 0) is 19.5 Å². The molecule has 118 valence electrons. The number of rotatable bonds is 3. The van der Waals surface area contributed by atoms with Gasteiger partial charge in [0.2, 0.25) is 5.95 Å². The molecule has 1 atom stereocenters. The highest BCUT2D eigenvalue weighted by Crippen LogP contribution is 2.34. The lowest BCUT2D eigenvalue weighted by Gasteiger charge is -2.25. The second-order valence-electron chi connectivity index (χ2n) is 4.99. The lowest BCUT2D eigenvalue weighted by Crippen LogP contribution is -2.31. The first-order chi connectivity index (χ1) is 10.4. The number of hydrogen-bond donors (Lipinski definition) is 1. The minimum Gasteiger partial charge on any atom is -0.347 e. The fourth-order valence-electron chi connectivity index (χ4n) is 2.36. The molecule has 6 nitrogen and oxygen atoms in total. The van der Waals surface area contributed by atoms with Crippen molar-refractivity contribution in [3.05, 3.63) is 29.1 Å². The van der Waals surface area contributed by atoms with Crippen LogP contribution >= 0.6 is 11.6 Å². The maximum absolute atomic E-state index is 12.7. The van der Waals surface area contributed by atoms with E-state index < -0.39 is 12.1 Å². The number of nitrogens with one attached hydrogen (secondary N) is 1. The van der Waals surface area contributed by atoms with Crippen molar-refractivity contribution in [1.82, 2.24) is 24.7 Å². The molecule has 0 aliphatic carbocycles. The summed E-state index contributed by atoms with van der Waals surface area (Å²) >= 11 is 5.69. The van der Waals surface area contributed by atoms with Crippen molar-refractivity contribution in [2.24, 2.45) is 5.92 Å². The van der Waals surface area contributed by atoms with Gasteiger partial charge in [-0.25, -0.2) is 9.97 Å². The summed E-state index contributed by atoms with van der Waals surface area (Å²) in [7, 11) is 0. The van der Waals surface area contributed by atoms with Crippen molar-refractivity contribution in [3.8, 4) is 0 Å². The Bertz CT molecular complexity index is 654. The highest BCUT2D eigenvalue weighted by Gasteiger charge is 2.42. The summed E-state index contributed by atoms with van der Waals surface area (Å²) in [5, 5.41) is 11.2. The van der Waals surface area contributed by atoms with Crippen LogP contribution < -0.4 is 5.32 Å². The number of hydrogen-bond acceptors (Lipinski definition) is 5. The molecular formula is C12H12ClF3N6. The van der Waals surface area contributed by atoms with Gasteiger partial charge >= 0.3 is 6.18 Å². The number of fused-ring (bicyclic) bond motifs is 1. The molecule has 0 bridgehead atoms. The molecule has 0 fully saturated rings. The van der Waals surface area contributed by atoms with E-state index in [1.54, 1.807) is 4.57 Å². The maximum atomic E-state index is 12.7. The minimum atomic E-state index is -4.19. The average Bonchev–Trinajstić information content (AvgIpc) is 2.88. The third-order valence-electron chi connectivity index (χ3n) is 3.52. The van der Waals surface area contributed by atoms with Gasteiger partial charge in [-0.15, -0.1) is 10.2 Å². The van der Waals surface area contributed by atoms with Gasteiger partial charge in [-0.3, -0.25) is 0 Å². The third kappa shape index (κ3) is 3.13. The number of halogens is 4. The van der Waals surface area contributed by atoms with Gasteiger partial charge in [0, 0.05) is 13.0 Å². The zero-order valence-corrected chi connectivity index (χ0v) is 12.1. The van der Waals surface area contributed by atoms with Crippen molar-refractivity contribution >= 4 is 17.5 Å². The highest BCUT2D eigenvalue weighted by atomic mass is 35.5. The lowest BCUT2D eigenvalue weighted by atomic mass is 9.97. The van der Waals surface area contributed by atoms with Gasteiger partial charge in [0.25, 0.3) is 0 Å². The summed E-state index contributed by atoms with van der Waals surface area (Å²) in [4.78, 5) is 7.95. The number of aromatic nitrogens is 5. The number of alkyl halides is 3. The Morgan fingerprint density at radius 3 is 2.68 bits per heavy atom. The van der Waals surface area contributed by atoms with Crippen molar-refractivity contribution < 1.29 is 13.2 Å². The van der Waals surface area contributed by atoms with Crippen molar-refractivity contribution in [1.29, 1.82) is 0 Å². The van der Waals surface area contributed by atoms with Gasteiger partial charge in [-0.05, 0) is 6.42 Å². The molecule has 0 spiro atoms. The van der Waals surface area contributed by atoms with Crippen LogP contribution in [0.15, 0.2) is 12.4 Å². The molecule has 1 N–H and O–H groups in total. The van der Waals surface area contributed by atoms with E-state index in [9.17, 15) is 13.2 Å². The van der Waals surface area contributed by atoms with Gasteiger partial charge in [0.15, 0.2) is 5.82 Å². The van der Waals surface area contributed by atoms with E-state index in [4.69, 9.17) is 11.6 Å². The van der Waals surface area contributed by atoms with E-state index >= 15 is 0 Å². The fourth-order valence-corrected chi connectivity index (χ4v) is 2.46. The summed E-state index contributed by atoms with van der Waals surface area (Å²) in [5.41, 5.74) is 0. The predicted octanol–water partition coefficient (Wildman–Crippen LogP) is 2.46. The Hall–Kier alpha value is -1.90. The molecule has 1 aliphatic heterocycles. The maximum Gasteiger partial charge on any atom is 0.392 e. The van der Waals surface area contributed by atoms with Crippen LogP contribution in [0.4, 0.5) is 19.1 Å². The first-order valence-corrected chi connectivity index (χ1v) is 7.00. The van der Waals surface area contributed by atoms with Gasteiger partial charge in [0.05, 0.1) is 29.9 Å². The zero-order valence-electron chi connectivity index (χ0n) is 11.3. The Morgan fingerprint density at radius 2 is 2.00 bits per heavy atom. The van der Waals surface area contributed by atoms with E-state index in [1.165, 1.54) is 12.4 Å². The summed E-state index contributed by atoms with van der Waals surface area (Å²) < 4.78 is 40.0. The normalized spacial score (nSPS) is 18.1. The quantitative estimate of drug-likeness (QED) is 0.935. The molecule has 1 aliphatic rings. The summed E-state index contributed by atoms with van der Waals surface area (Å²) in [6, 6.07) is 0. The van der Waals surface area contributed by atoms with Crippen molar-refractivity contribution in [2.75, 3.05) is 5.32 Å². The molecule has 1 unspecified atom stereocenters. The van der Waals surface area contributed by atoms with E-state index in [2.05, 4.69) is 25.5 Å². The van der Waals surface area contributed by atoms with Gasteiger partial charge < -0.3 is 9.88 Å². The number of nitrogens with zero attached hydrogens (tertiary/aromatic N) is 5. The van der Waals surface area contributed by atoms with E-state index in [1.807, 2.05) is 0 Å². The molecule has 22 heavy (non-hydrogen) atoms. The van der Waals surface area contributed by atoms with Crippen LogP contribution in [0.1, 0.15) is 18.1 Å². The Balaban J connectivity index is 1.68. The van der Waals surface area contributed by atoms with Crippen LogP contribution in [0.5, 0.6) is 0 Å². The largest absolute Gasteiger partial charge is 0.392 e. The molecule has 0 amide bonds. The van der Waals surface area contributed by atoms with Crippen LogP contribution in [0.2, 0.25) is 5.02 Å². The Kier molecular flexibility index (Phi) is 3.90. The highest BCUT2D eigenvalue weighted by molar-refractivity contribution is 6.30. The molecule has 3 rings (SSSR count). The Labute approximate surface area is 128 Å². The topological polar surface area (TPSA) is 68.5 Å². The summed E-state index contributed by atoms with van der Waals surface area (Å²) in [5.74, 6) is -0.0492. The van der Waals surface area contributed by atoms with Gasteiger partial charge in [-0.2, -0.15) is 13.2 Å². The average molecular weight is 333 g/mol.